The van der Waals surface area contributed by atoms with Crippen LogP contribution in [-0.4, -0.2) is 25.2 Å². The lowest BCUT2D eigenvalue weighted by Crippen LogP contribution is -2.26. The highest BCUT2D eigenvalue weighted by molar-refractivity contribution is 6.34. The van der Waals surface area contributed by atoms with Crippen molar-refractivity contribution in [2.75, 3.05) is 19.1 Å². The summed E-state index contributed by atoms with van der Waals surface area (Å²) >= 11 is 6.09. The first kappa shape index (κ1) is 14.2. The van der Waals surface area contributed by atoms with Crippen LogP contribution in [0, 0.1) is 0 Å². The van der Waals surface area contributed by atoms with E-state index in [9.17, 15) is 9.90 Å². The number of aromatic hydroxyl groups is 1. The van der Waals surface area contributed by atoms with E-state index in [1.807, 2.05) is 0 Å². The molecular formula is C15H14ClNO3. The molecule has 2 rings (SSSR count). The number of phenolic OH excluding ortho intramolecular Hbond substituents is 1. The van der Waals surface area contributed by atoms with Gasteiger partial charge in [-0.2, -0.15) is 0 Å². The number of anilines is 1. The van der Waals surface area contributed by atoms with Crippen molar-refractivity contribution in [3.05, 3.63) is 53.1 Å². The molecule has 0 radical (unpaired) electrons. The monoisotopic (exact) mass is 291 g/mol. The third-order valence-electron chi connectivity index (χ3n) is 2.95. The maximum absolute atomic E-state index is 12.4. The van der Waals surface area contributed by atoms with Crippen LogP contribution in [0.1, 0.15) is 10.4 Å². The molecule has 5 heteroatoms. The van der Waals surface area contributed by atoms with Crippen LogP contribution in [0.4, 0.5) is 5.69 Å². The van der Waals surface area contributed by atoms with Crippen LogP contribution >= 0.6 is 11.6 Å². The molecule has 0 atom stereocenters. The molecule has 0 spiro atoms. The second-order valence-electron chi connectivity index (χ2n) is 4.23. The summed E-state index contributed by atoms with van der Waals surface area (Å²) in [5.74, 6) is 0.513. The molecule has 1 N–H and O–H groups in total. The predicted molar refractivity (Wildman–Crippen MR) is 78.8 cm³/mol. The minimum Gasteiger partial charge on any atom is -0.508 e. The van der Waals surface area contributed by atoms with E-state index >= 15 is 0 Å². The van der Waals surface area contributed by atoms with Gasteiger partial charge in [-0.15, -0.1) is 0 Å². The fourth-order valence-electron chi connectivity index (χ4n) is 1.77. The van der Waals surface area contributed by atoms with Crippen molar-refractivity contribution in [2.45, 2.75) is 0 Å². The van der Waals surface area contributed by atoms with Gasteiger partial charge in [-0.1, -0.05) is 11.6 Å². The maximum Gasteiger partial charge on any atom is 0.259 e. The van der Waals surface area contributed by atoms with Crippen molar-refractivity contribution >= 4 is 23.2 Å². The molecule has 20 heavy (non-hydrogen) atoms. The zero-order chi connectivity index (χ0) is 14.7. The molecule has 0 saturated carbocycles. The topological polar surface area (TPSA) is 49.8 Å². The highest BCUT2D eigenvalue weighted by atomic mass is 35.5. The van der Waals surface area contributed by atoms with Gasteiger partial charge >= 0.3 is 0 Å². The summed E-state index contributed by atoms with van der Waals surface area (Å²) in [6.07, 6.45) is 0. The van der Waals surface area contributed by atoms with Crippen LogP contribution in [0.3, 0.4) is 0 Å². The van der Waals surface area contributed by atoms with Crippen molar-refractivity contribution < 1.29 is 14.6 Å². The standard InChI is InChI=1S/C15H14ClNO3/c1-17(10-3-5-11(18)6-4-10)15(19)13-8-7-12(20-2)9-14(13)16/h3-9,18H,1-2H3. The molecule has 0 fully saturated rings. The average molecular weight is 292 g/mol. The van der Waals surface area contributed by atoms with Crippen molar-refractivity contribution in [1.29, 1.82) is 0 Å². The first-order chi connectivity index (χ1) is 9.52. The van der Waals surface area contributed by atoms with Crippen LogP contribution in [0.15, 0.2) is 42.5 Å². The maximum atomic E-state index is 12.4. The number of amides is 1. The van der Waals surface area contributed by atoms with Gasteiger partial charge in [0.15, 0.2) is 0 Å². The van der Waals surface area contributed by atoms with Gasteiger partial charge in [0.2, 0.25) is 0 Å². The zero-order valence-corrected chi connectivity index (χ0v) is 11.9. The molecule has 1 amide bonds. The van der Waals surface area contributed by atoms with E-state index in [4.69, 9.17) is 16.3 Å². The number of benzene rings is 2. The summed E-state index contributed by atoms with van der Waals surface area (Å²) in [5, 5.41) is 9.59. The van der Waals surface area contributed by atoms with Gasteiger partial charge in [-0.25, -0.2) is 0 Å². The lowest BCUT2D eigenvalue weighted by molar-refractivity contribution is 0.0993. The van der Waals surface area contributed by atoms with E-state index < -0.39 is 0 Å². The summed E-state index contributed by atoms with van der Waals surface area (Å²) < 4.78 is 5.05. The van der Waals surface area contributed by atoms with Gasteiger partial charge in [-0.05, 0) is 42.5 Å². The Hall–Kier alpha value is -2.20. The number of halogens is 1. The molecule has 0 aromatic heterocycles. The molecule has 0 aliphatic rings. The van der Waals surface area contributed by atoms with E-state index in [1.165, 1.54) is 24.1 Å². The predicted octanol–water partition coefficient (Wildman–Crippen LogP) is 3.33. The number of ether oxygens (including phenoxy) is 1. The smallest absolute Gasteiger partial charge is 0.259 e. The molecule has 2 aromatic rings. The van der Waals surface area contributed by atoms with E-state index in [0.29, 0.717) is 22.0 Å². The molecule has 0 heterocycles. The first-order valence-electron chi connectivity index (χ1n) is 5.93. The van der Waals surface area contributed by atoms with Crippen molar-refractivity contribution in [1.82, 2.24) is 0 Å². The van der Waals surface area contributed by atoms with Crippen LogP contribution in [0.25, 0.3) is 0 Å². The van der Waals surface area contributed by atoms with Crippen molar-refractivity contribution in [3.63, 3.8) is 0 Å². The molecule has 104 valence electrons. The number of nitrogens with zero attached hydrogens (tertiary/aromatic N) is 1. The van der Waals surface area contributed by atoms with Gasteiger partial charge in [-0.3, -0.25) is 4.79 Å². The number of rotatable bonds is 3. The quantitative estimate of drug-likeness (QED) is 0.943. The number of methoxy groups -OCH3 is 1. The number of carbonyl (C=O) groups is 1. The fraction of sp³-hybridized carbons (Fsp3) is 0.133. The second kappa shape index (κ2) is 5.84. The van der Waals surface area contributed by atoms with Crippen LogP contribution in [0.2, 0.25) is 5.02 Å². The summed E-state index contributed by atoms with van der Waals surface area (Å²) in [6.45, 7) is 0. The Kier molecular flexibility index (Phi) is 4.15. The van der Waals surface area contributed by atoms with E-state index in [-0.39, 0.29) is 11.7 Å². The van der Waals surface area contributed by atoms with E-state index in [1.54, 1.807) is 37.4 Å². The summed E-state index contributed by atoms with van der Waals surface area (Å²) in [7, 11) is 3.19. The first-order valence-corrected chi connectivity index (χ1v) is 6.31. The molecule has 2 aromatic carbocycles. The highest BCUT2D eigenvalue weighted by Crippen LogP contribution is 2.25. The number of hydrogen-bond donors (Lipinski definition) is 1. The van der Waals surface area contributed by atoms with Crippen LogP contribution in [0.5, 0.6) is 11.5 Å². The lowest BCUT2D eigenvalue weighted by Gasteiger charge is -2.18. The third-order valence-corrected chi connectivity index (χ3v) is 3.26. The summed E-state index contributed by atoms with van der Waals surface area (Å²) in [6, 6.07) is 11.3. The number of carbonyl (C=O) groups excluding carboxylic acids is 1. The molecule has 0 bridgehead atoms. The van der Waals surface area contributed by atoms with Gasteiger partial charge in [0, 0.05) is 12.7 Å². The van der Waals surface area contributed by atoms with Gasteiger partial charge < -0.3 is 14.7 Å². The Bertz CT molecular complexity index is 626. The Balaban J connectivity index is 2.28. The normalized spacial score (nSPS) is 10.2. The minimum absolute atomic E-state index is 0.150. The second-order valence-corrected chi connectivity index (χ2v) is 4.63. The molecule has 0 saturated heterocycles. The average Bonchev–Trinajstić information content (AvgIpc) is 2.46. The third kappa shape index (κ3) is 2.86. The highest BCUT2D eigenvalue weighted by Gasteiger charge is 2.17. The number of phenols is 1. The largest absolute Gasteiger partial charge is 0.508 e. The Morgan fingerprint density at radius 3 is 2.40 bits per heavy atom. The fourth-order valence-corrected chi connectivity index (χ4v) is 2.02. The Labute approximate surface area is 122 Å². The van der Waals surface area contributed by atoms with Crippen molar-refractivity contribution in [2.24, 2.45) is 0 Å². The minimum atomic E-state index is -0.233. The summed E-state index contributed by atoms with van der Waals surface area (Å²) in [4.78, 5) is 13.9. The Morgan fingerprint density at radius 1 is 1.20 bits per heavy atom. The van der Waals surface area contributed by atoms with E-state index in [0.717, 1.165) is 0 Å². The van der Waals surface area contributed by atoms with Gasteiger partial charge in [0.1, 0.15) is 11.5 Å². The van der Waals surface area contributed by atoms with Crippen LogP contribution < -0.4 is 9.64 Å². The molecule has 0 unspecified atom stereocenters. The SMILES string of the molecule is COc1ccc(C(=O)N(C)c2ccc(O)cc2)c(Cl)c1. The Morgan fingerprint density at radius 2 is 1.85 bits per heavy atom. The van der Waals surface area contributed by atoms with Gasteiger partial charge in [0.05, 0.1) is 17.7 Å². The molecule has 4 nitrogen and oxygen atoms in total. The lowest BCUT2D eigenvalue weighted by atomic mass is 10.1. The van der Waals surface area contributed by atoms with Crippen LogP contribution in [-0.2, 0) is 0 Å². The number of hydrogen-bond acceptors (Lipinski definition) is 3. The zero-order valence-electron chi connectivity index (χ0n) is 11.1. The van der Waals surface area contributed by atoms with E-state index in [2.05, 4.69) is 0 Å². The van der Waals surface area contributed by atoms with Crippen molar-refractivity contribution in [3.8, 4) is 11.5 Å². The van der Waals surface area contributed by atoms with Gasteiger partial charge in [0.25, 0.3) is 5.91 Å². The molecule has 0 aliphatic carbocycles. The molecular weight excluding hydrogens is 278 g/mol. The molecule has 0 aliphatic heterocycles. The summed E-state index contributed by atoms with van der Waals surface area (Å²) in [5.41, 5.74) is 1.06.